The zero-order chi connectivity index (χ0) is 8.53. The summed E-state index contributed by atoms with van der Waals surface area (Å²) >= 11 is 0. The van der Waals surface area contributed by atoms with Crippen LogP contribution in [0, 0.1) is 0 Å². The van der Waals surface area contributed by atoms with Crippen molar-refractivity contribution < 1.29 is 0 Å². The van der Waals surface area contributed by atoms with Crippen molar-refractivity contribution in [2.75, 3.05) is 33.7 Å². The van der Waals surface area contributed by atoms with E-state index >= 15 is 0 Å². The molecule has 0 radical (unpaired) electrons. The minimum Gasteiger partial charge on any atom is -0.329 e. The molecule has 0 aromatic rings. The maximum absolute atomic E-state index is 5.37. The molecule has 0 aromatic carbocycles. The number of hydrogen-bond donors (Lipinski definition) is 2. The van der Waals surface area contributed by atoms with Crippen molar-refractivity contribution in [2.24, 2.45) is 10.8 Å². The van der Waals surface area contributed by atoms with Crippen LogP contribution < -0.4 is 11.2 Å². The molecule has 3 N–H and O–H groups in total. The first-order chi connectivity index (χ1) is 5.31. The summed E-state index contributed by atoms with van der Waals surface area (Å²) < 4.78 is 0. The van der Waals surface area contributed by atoms with Crippen LogP contribution in [0.15, 0.2) is 5.10 Å². The molecule has 0 unspecified atom stereocenters. The van der Waals surface area contributed by atoms with Crippen molar-refractivity contribution in [1.29, 1.82) is 0 Å². The summed E-state index contributed by atoms with van der Waals surface area (Å²) in [6.07, 6.45) is 2.84. The van der Waals surface area contributed by atoms with E-state index in [4.69, 9.17) is 5.73 Å². The Hall–Kier alpha value is -0.610. The Balaban J connectivity index is 3.16. The lowest BCUT2D eigenvalue weighted by atomic mass is 10.4. The van der Waals surface area contributed by atoms with Crippen LogP contribution in [0.3, 0.4) is 0 Å². The number of hydrogen-bond acceptors (Lipinski definition) is 4. The summed E-state index contributed by atoms with van der Waals surface area (Å²) in [5.74, 6) is 0. The van der Waals surface area contributed by atoms with Crippen molar-refractivity contribution in [3.63, 3.8) is 0 Å². The van der Waals surface area contributed by atoms with Crippen molar-refractivity contribution in [2.45, 2.75) is 6.42 Å². The Morgan fingerprint density at radius 2 is 2.27 bits per heavy atom. The van der Waals surface area contributed by atoms with Crippen molar-refractivity contribution in [1.82, 2.24) is 10.3 Å². The topological polar surface area (TPSA) is 53.7 Å². The van der Waals surface area contributed by atoms with Gasteiger partial charge in [0.15, 0.2) is 0 Å². The summed E-state index contributed by atoms with van der Waals surface area (Å²) in [4.78, 5) is 2.18. The first-order valence-electron chi connectivity index (χ1n) is 3.88. The molecule has 0 aliphatic carbocycles. The second-order valence-electron chi connectivity index (χ2n) is 2.42. The highest BCUT2D eigenvalue weighted by Crippen LogP contribution is 1.82. The fourth-order valence-electron chi connectivity index (χ4n) is 0.766. The van der Waals surface area contributed by atoms with E-state index in [0.29, 0.717) is 0 Å². The highest BCUT2D eigenvalue weighted by atomic mass is 15.3. The molecule has 11 heavy (non-hydrogen) atoms. The Bertz CT molecular complexity index is 103. The van der Waals surface area contributed by atoms with Crippen LogP contribution in [-0.4, -0.2) is 44.8 Å². The summed E-state index contributed by atoms with van der Waals surface area (Å²) in [6, 6.07) is 0. The molecule has 0 aliphatic heterocycles. The number of nitrogens with one attached hydrogen (secondary N) is 1. The van der Waals surface area contributed by atoms with E-state index in [2.05, 4.69) is 22.5 Å². The minimum absolute atomic E-state index is 0.722. The Morgan fingerprint density at radius 3 is 2.82 bits per heavy atom. The molecule has 0 rings (SSSR count). The van der Waals surface area contributed by atoms with Gasteiger partial charge in [0.2, 0.25) is 0 Å². The second kappa shape index (κ2) is 7.50. The number of nitrogens with zero attached hydrogens (tertiary/aromatic N) is 2. The van der Waals surface area contributed by atoms with E-state index in [1.165, 1.54) is 0 Å². The van der Waals surface area contributed by atoms with Gasteiger partial charge in [-0.25, -0.2) is 0 Å². The highest BCUT2D eigenvalue weighted by Gasteiger charge is 1.92. The Morgan fingerprint density at radius 1 is 1.55 bits per heavy atom. The summed E-state index contributed by atoms with van der Waals surface area (Å²) in [7, 11) is 3.85. The minimum atomic E-state index is 0.722. The molecular weight excluding hydrogens is 140 g/mol. The van der Waals surface area contributed by atoms with Gasteiger partial charge in [-0.05, 0) is 13.5 Å². The standard InChI is InChI=1S/C7H18N4/c1-9-10-5-3-6-11(2)7-4-8/h5,9H,3-4,6-8H2,1-2H3/b10-5-. The molecule has 0 spiro atoms. The Labute approximate surface area is 68.4 Å². The lowest BCUT2D eigenvalue weighted by Gasteiger charge is -2.12. The van der Waals surface area contributed by atoms with E-state index in [1.807, 2.05) is 6.21 Å². The number of nitrogens with two attached hydrogens (primary N) is 1. The van der Waals surface area contributed by atoms with Gasteiger partial charge < -0.3 is 16.1 Å². The zero-order valence-electron chi connectivity index (χ0n) is 7.38. The van der Waals surface area contributed by atoms with Crippen LogP contribution in [0.5, 0.6) is 0 Å². The molecule has 0 saturated carbocycles. The number of rotatable bonds is 6. The highest BCUT2D eigenvalue weighted by molar-refractivity contribution is 5.56. The molecular formula is C7H18N4. The van der Waals surface area contributed by atoms with Gasteiger partial charge in [-0.2, -0.15) is 5.10 Å². The first kappa shape index (κ1) is 10.4. The molecule has 0 aromatic heterocycles. The molecule has 0 amide bonds. The molecule has 0 heterocycles. The summed E-state index contributed by atoms with van der Waals surface area (Å²) in [6.45, 7) is 2.69. The first-order valence-corrected chi connectivity index (χ1v) is 3.88. The largest absolute Gasteiger partial charge is 0.329 e. The summed E-state index contributed by atoms with van der Waals surface area (Å²) in [5, 5.41) is 3.87. The monoisotopic (exact) mass is 158 g/mol. The number of likely N-dealkylation sites (N-methyl/N-ethyl adjacent to an activating group) is 1. The maximum atomic E-state index is 5.37. The smallest absolute Gasteiger partial charge is 0.0255 e. The fourth-order valence-corrected chi connectivity index (χ4v) is 0.766. The van der Waals surface area contributed by atoms with E-state index in [-0.39, 0.29) is 0 Å². The Kier molecular flexibility index (Phi) is 7.08. The van der Waals surface area contributed by atoms with Gasteiger partial charge in [-0.3, -0.25) is 0 Å². The molecule has 0 fully saturated rings. The maximum Gasteiger partial charge on any atom is 0.0255 e. The average Bonchev–Trinajstić information content (AvgIpc) is 1.99. The normalized spacial score (nSPS) is 11.3. The van der Waals surface area contributed by atoms with Gasteiger partial charge in [0.25, 0.3) is 0 Å². The second-order valence-corrected chi connectivity index (χ2v) is 2.42. The predicted octanol–water partition coefficient (Wildman–Crippen LogP) is -0.528. The SMILES string of the molecule is CN/N=C\CCN(C)CCN. The third-order valence-electron chi connectivity index (χ3n) is 1.37. The molecule has 0 aliphatic rings. The van der Waals surface area contributed by atoms with Crippen LogP contribution in [0.25, 0.3) is 0 Å². The van der Waals surface area contributed by atoms with Gasteiger partial charge >= 0.3 is 0 Å². The third-order valence-corrected chi connectivity index (χ3v) is 1.37. The fraction of sp³-hybridized carbons (Fsp3) is 0.857. The third kappa shape index (κ3) is 7.29. The molecule has 0 bridgehead atoms. The van der Waals surface area contributed by atoms with Gasteiger partial charge in [0.1, 0.15) is 0 Å². The summed E-state index contributed by atoms with van der Waals surface area (Å²) in [5.41, 5.74) is 8.07. The molecule has 4 heteroatoms. The van der Waals surface area contributed by atoms with Crippen LogP contribution in [0.4, 0.5) is 0 Å². The van der Waals surface area contributed by atoms with Gasteiger partial charge in [0.05, 0.1) is 0 Å². The van der Waals surface area contributed by atoms with E-state index in [1.54, 1.807) is 7.05 Å². The van der Waals surface area contributed by atoms with E-state index in [9.17, 15) is 0 Å². The van der Waals surface area contributed by atoms with Gasteiger partial charge in [-0.1, -0.05) is 0 Å². The van der Waals surface area contributed by atoms with Crippen molar-refractivity contribution in [3.05, 3.63) is 0 Å². The van der Waals surface area contributed by atoms with Crippen LogP contribution in [0.1, 0.15) is 6.42 Å². The lowest BCUT2D eigenvalue weighted by molar-refractivity contribution is 0.355. The predicted molar refractivity (Wildman–Crippen MR) is 48.7 cm³/mol. The number of hydrazone groups is 1. The van der Waals surface area contributed by atoms with Gasteiger partial charge in [-0.15, -0.1) is 0 Å². The quantitative estimate of drug-likeness (QED) is 0.404. The molecule has 0 saturated heterocycles. The van der Waals surface area contributed by atoms with Crippen LogP contribution in [-0.2, 0) is 0 Å². The molecule has 66 valence electrons. The van der Waals surface area contributed by atoms with Crippen LogP contribution in [0.2, 0.25) is 0 Å². The molecule has 4 nitrogen and oxygen atoms in total. The van der Waals surface area contributed by atoms with Crippen molar-refractivity contribution >= 4 is 6.21 Å². The lowest BCUT2D eigenvalue weighted by Crippen LogP contribution is -2.26. The van der Waals surface area contributed by atoms with Crippen LogP contribution >= 0.6 is 0 Å². The van der Waals surface area contributed by atoms with E-state index in [0.717, 1.165) is 26.1 Å². The zero-order valence-corrected chi connectivity index (χ0v) is 7.38. The van der Waals surface area contributed by atoms with Gasteiger partial charge in [0, 0.05) is 32.9 Å². The van der Waals surface area contributed by atoms with E-state index < -0.39 is 0 Å². The molecule has 0 atom stereocenters. The van der Waals surface area contributed by atoms with Crippen molar-refractivity contribution in [3.8, 4) is 0 Å². The average molecular weight is 158 g/mol.